The number of hydrogen-bond donors (Lipinski definition) is 3. The quantitative estimate of drug-likeness (QED) is 0.664. The van der Waals surface area contributed by atoms with Gasteiger partial charge in [0.1, 0.15) is 0 Å². The zero-order chi connectivity index (χ0) is 13.7. The second-order valence-electron chi connectivity index (χ2n) is 6.42. The summed E-state index contributed by atoms with van der Waals surface area (Å²) in [5, 5.41) is 15.3. The van der Waals surface area contributed by atoms with Gasteiger partial charge in [0.2, 0.25) is 0 Å². The monoisotopic (exact) mass is 268 g/mol. The summed E-state index contributed by atoms with van der Waals surface area (Å²) in [6.07, 6.45) is 9.41. The number of rotatable bonds is 7. The number of hydrogen-bond acceptors (Lipinski definition) is 2. The molecule has 0 aromatic carbocycles. The molecular weight excluding hydrogens is 240 g/mol. The van der Waals surface area contributed by atoms with Gasteiger partial charge in [-0.25, -0.2) is 4.79 Å². The molecule has 110 valence electrons. The predicted molar refractivity (Wildman–Crippen MR) is 75.9 cm³/mol. The van der Waals surface area contributed by atoms with Crippen LogP contribution in [0.2, 0.25) is 0 Å². The van der Waals surface area contributed by atoms with Crippen LogP contribution < -0.4 is 10.6 Å². The van der Waals surface area contributed by atoms with Crippen molar-refractivity contribution in [1.82, 2.24) is 10.6 Å². The number of urea groups is 1. The van der Waals surface area contributed by atoms with Gasteiger partial charge >= 0.3 is 6.03 Å². The Kier molecular flexibility index (Phi) is 5.08. The Bertz CT molecular complexity index is 303. The molecule has 0 spiro atoms. The first-order valence-electron chi connectivity index (χ1n) is 7.84. The zero-order valence-corrected chi connectivity index (χ0v) is 12.1. The molecule has 2 aliphatic carbocycles. The summed E-state index contributed by atoms with van der Waals surface area (Å²) in [5.41, 5.74) is -0.00533. The van der Waals surface area contributed by atoms with E-state index in [0.717, 1.165) is 19.3 Å². The summed E-state index contributed by atoms with van der Waals surface area (Å²) < 4.78 is 0. The highest BCUT2D eigenvalue weighted by Crippen LogP contribution is 2.44. The SMILES string of the molecule is CCCCC1CCCC1NC(=O)NCC1(CO)CC1. The molecule has 0 aromatic rings. The van der Waals surface area contributed by atoms with Crippen LogP contribution in [0.1, 0.15) is 58.3 Å². The van der Waals surface area contributed by atoms with Crippen molar-refractivity contribution in [1.29, 1.82) is 0 Å². The summed E-state index contributed by atoms with van der Waals surface area (Å²) in [6.45, 7) is 3.02. The Labute approximate surface area is 116 Å². The summed E-state index contributed by atoms with van der Waals surface area (Å²) in [6, 6.07) is 0.309. The van der Waals surface area contributed by atoms with Gasteiger partial charge in [0.05, 0.1) is 6.61 Å². The topological polar surface area (TPSA) is 61.4 Å². The fraction of sp³-hybridized carbons (Fsp3) is 0.933. The normalized spacial score (nSPS) is 28.1. The lowest BCUT2D eigenvalue weighted by Gasteiger charge is -2.22. The highest BCUT2D eigenvalue weighted by molar-refractivity contribution is 5.74. The number of aliphatic hydroxyl groups is 1. The minimum absolute atomic E-state index is 0.00533. The van der Waals surface area contributed by atoms with E-state index in [1.807, 2.05) is 0 Å². The average molecular weight is 268 g/mol. The smallest absolute Gasteiger partial charge is 0.315 e. The van der Waals surface area contributed by atoms with Crippen molar-refractivity contribution < 1.29 is 9.90 Å². The highest BCUT2D eigenvalue weighted by Gasteiger charge is 2.42. The number of aliphatic hydroxyl groups excluding tert-OH is 1. The van der Waals surface area contributed by atoms with Crippen LogP contribution in [-0.4, -0.2) is 30.3 Å². The lowest BCUT2D eigenvalue weighted by molar-refractivity contribution is 0.200. The fourth-order valence-corrected chi connectivity index (χ4v) is 3.09. The van der Waals surface area contributed by atoms with Crippen LogP contribution in [-0.2, 0) is 0 Å². The second kappa shape index (κ2) is 6.60. The first-order valence-corrected chi connectivity index (χ1v) is 7.84. The van der Waals surface area contributed by atoms with Crippen molar-refractivity contribution in [3.63, 3.8) is 0 Å². The third kappa shape index (κ3) is 4.10. The molecule has 2 unspecified atom stereocenters. The van der Waals surface area contributed by atoms with Crippen molar-refractivity contribution in [2.24, 2.45) is 11.3 Å². The maximum absolute atomic E-state index is 11.9. The predicted octanol–water partition coefficient (Wildman–Crippen LogP) is 2.42. The molecule has 0 saturated heterocycles. The van der Waals surface area contributed by atoms with Gasteiger partial charge in [-0.1, -0.05) is 26.2 Å². The van der Waals surface area contributed by atoms with Crippen LogP contribution in [0, 0.1) is 11.3 Å². The van der Waals surface area contributed by atoms with Gasteiger partial charge in [0.25, 0.3) is 0 Å². The largest absolute Gasteiger partial charge is 0.396 e. The van der Waals surface area contributed by atoms with E-state index in [1.54, 1.807) is 0 Å². The van der Waals surface area contributed by atoms with E-state index in [1.165, 1.54) is 32.1 Å². The van der Waals surface area contributed by atoms with Crippen LogP contribution in [0.4, 0.5) is 4.79 Å². The second-order valence-corrected chi connectivity index (χ2v) is 6.42. The van der Waals surface area contributed by atoms with Gasteiger partial charge in [-0.05, 0) is 38.0 Å². The maximum atomic E-state index is 11.9. The van der Waals surface area contributed by atoms with Crippen LogP contribution in [0.5, 0.6) is 0 Å². The van der Waals surface area contributed by atoms with Crippen LogP contribution in [0.25, 0.3) is 0 Å². The molecule has 4 heteroatoms. The molecule has 2 rings (SSSR count). The van der Waals surface area contributed by atoms with Gasteiger partial charge in [-0.15, -0.1) is 0 Å². The number of nitrogens with one attached hydrogen (secondary N) is 2. The molecule has 3 N–H and O–H groups in total. The van der Waals surface area contributed by atoms with Crippen LogP contribution >= 0.6 is 0 Å². The van der Waals surface area contributed by atoms with E-state index in [4.69, 9.17) is 0 Å². The van der Waals surface area contributed by atoms with Crippen molar-refractivity contribution in [2.75, 3.05) is 13.2 Å². The minimum Gasteiger partial charge on any atom is -0.396 e. The van der Waals surface area contributed by atoms with E-state index < -0.39 is 0 Å². The molecule has 0 heterocycles. The van der Waals surface area contributed by atoms with Gasteiger partial charge in [0.15, 0.2) is 0 Å². The number of carbonyl (C=O) groups is 1. The van der Waals surface area contributed by atoms with Crippen LogP contribution in [0.3, 0.4) is 0 Å². The molecule has 4 nitrogen and oxygen atoms in total. The third-order valence-electron chi connectivity index (χ3n) is 4.82. The Morgan fingerprint density at radius 3 is 2.79 bits per heavy atom. The number of unbranched alkanes of at least 4 members (excludes halogenated alkanes) is 1. The van der Waals surface area contributed by atoms with Gasteiger partial charge < -0.3 is 15.7 Å². The lowest BCUT2D eigenvalue weighted by Crippen LogP contribution is -2.45. The maximum Gasteiger partial charge on any atom is 0.315 e. The summed E-state index contributed by atoms with van der Waals surface area (Å²) in [7, 11) is 0. The standard InChI is InChI=1S/C15H28N2O2/c1-2-3-5-12-6-4-7-13(12)17-14(19)16-10-15(11-18)8-9-15/h12-13,18H,2-11H2,1H3,(H2,16,17,19). The third-order valence-corrected chi connectivity index (χ3v) is 4.82. The molecule has 2 aliphatic rings. The van der Waals surface area contributed by atoms with Crippen LogP contribution in [0.15, 0.2) is 0 Å². The molecule has 0 aromatic heterocycles. The Balaban J connectivity index is 1.69. The average Bonchev–Trinajstić information content (AvgIpc) is 3.08. The van der Waals surface area contributed by atoms with E-state index in [2.05, 4.69) is 17.6 Å². The van der Waals surface area contributed by atoms with Crippen molar-refractivity contribution in [2.45, 2.75) is 64.3 Å². The van der Waals surface area contributed by atoms with E-state index in [-0.39, 0.29) is 18.1 Å². The Hall–Kier alpha value is -0.770. The molecule has 0 bridgehead atoms. The Morgan fingerprint density at radius 2 is 2.16 bits per heavy atom. The molecule has 19 heavy (non-hydrogen) atoms. The van der Waals surface area contributed by atoms with Crippen molar-refractivity contribution in [3.8, 4) is 0 Å². The summed E-state index contributed by atoms with van der Waals surface area (Å²) >= 11 is 0. The van der Waals surface area contributed by atoms with Crippen molar-refractivity contribution >= 4 is 6.03 Å². The molecule has 2 saturated carbocycles. The molecule has 0 radical (unpaired) electrons. The molecule has 2 fully saturated rings. The van der Waals surface area contributed by atoms with Gasteiger partial charge in [-0.3, -0.25) is 0 Å². The van der Waals surface area contributed by atoms with Crippen molar-refractivity contribution in [3.05, 3.63) is 0 Å². The zero-order valence-electron chi connectivity index (χ0n) is 12.1. The van der Waals surface area contributed by atoms with E-state index in [0.29, 0.717) is 18.5 Å². The van der Waals surface area contributed by atoms with E-state index in [9.17, 15) is 9.90 Å². The summed E-state index contributed by atoms with van der Waals surface area (Å²) in [4.78, 5) is 11.9. The van der Waals surface area contributed by atoms with Gasteiger partial charge in [-0.2, -0.15) is 0 Å². The molecule has 2 atom stereocenters. The van der Waals surface area contributed by atoms with E-state index >= 15 is 0 Å². The number of carbonyl (C=O) groups excluding carboxylic acids is 1. The number of amides is 2. The fourth-order valence-electron chi connectivity index (χ4n) is 3.09. The first-order chi connectivity index (χ1) is 9.19. The lowest BCUT2D eigenvalue weighted by atomic mass is 9.97. The highest BCUT2D eigenvalue weighted by atomic mass is 16.3. The molecular formula is C15H28N2O2. The molecule has 0 aliphatic heterocycles. The first kappa shape index (κ1) is 14.6. The summed E-state index contributed by atoms with van der Waals surface area (Å²) in [5.74, 6) is 0.665. The minimum atomic E-state index is -0.0480. The Morgan fingerprint density at radius 1 is 1.37 bits per heavy atom. The molecule has 2 amide bonds. The van der Waals surface area contributed by atoms with Gasteiger partial charge in [0, 0.05) is 18.0 Å².